The summed E-state index contributed by atoms with van der Waals surface area (Å²) in [5.74, 6) is 0. The molecule has 0 nitrogen and oxygen atoms in total. The highest BCUT2D eigenvalue weighted by Gasteiger charge is 1.93. The van der Waals surface area contributed by atoms with E-state index in [0.717, 1.165) is 0 Å². The van der Waals surface area contributed by atoms with Gasteiger partial charge in [0.25, 0.3) is 0 Å². The molecule has 29 heavy (non-hydrogen) atoms. The molecule has 0 spiro atoms. The molecule has 0 saturated heterocycles. The molecule has 0 heterocycles. The maximum absolute atomic E-state index is 5.24. The molecule has 0 aliphatic carbocycles. The zero-order valence-corrected chi connectivity index (χ0v) is 19.0. The van der Waals surface area contributed by atoms with Crippen LogP contribution >= 0.6 is 0 Å². The smallest absolute Gasteiger partial charge is 0.0348 e. The standard InChI is InChI=1S/C29H45/c1-3-5-7-9-11-13-15-17-19-21-23-25-27-29-28-26-24-22-20-18-16-14-12-10-8-6-4-2/h1,3,5,7,9,11,13,15,17,19,21,23,25,27H,4,6,8,10,12,14,16,18,20,22,24,26,28-29H2,2H3. The first-order valence-corrected chi connectivity index (χ1v) is 11.9. The number of unbranched alkanes of at least 4 members (excludes halogenated alkanes) is 13. The van der Waals surface area contributed by atoms with Crippen molar-refractivity contribution in [3.8, 4) is 0 Å². The van der Waals surface area contributed by atoms with E-state index < -0.39 is 0 Å². The molecule has 161 valence electrons. The topological polar surface area (TPSA) is 0 Å². The van der Waals surface area contributed by atoms with E-state index in [9.17, 15) is 0 Å². The minimum absolute atomic E-state index is 1.20. The SMILES string of the molecule is [CH]=CC=CC=CC=CC=CC=CC=CCCCCCCCCCCCCCCC. The van der Waals surface area contributed by atoms with E-state index in [-0.39, 0.29) is 0 Å². The summed E-state index contributed by atoms with van der Waals surface area (Å²) < 4.78 is 0. The van der Waals surface area contributed by atoms with Crippen molar-refractivity contribution in [1.82, 2.24) is 0 Å². The fraction of sp³-hybridized carbons (Fsp3) is 0.517. The Bertz CT molecular complexity index is 496. The Morgan fingerprint density at radius 2 is 0.759 bits per heavy atom. The van der Waals surface area contributed by atoms with Gasteiger partial charge in [-0.15, -0.1) is 0 Å². The quantitative estimate of drug-likeness (QED) is 0.143. The van der Waals surface area contributed by atoms with Crippen LogP contribution in [-0.4, -0.2) is 0 Å². The lowest BCUT2D eigenvalue weighted by Gasteiger charge is -2.02. The van der Waals surface area contributed by atoms with Crippen LogP contribution in [-0.2, 0) is 0 Å². The number of hydrogen-bond acceptors (Lipinski definition) is 0. The van der Waals surface area contributed by atoms with Crippen LogP contribution in [0.1, 0.15) is 96.8 Å². The van der Waals surface area contributed by atoms with Crippen molar-refractivity contribution in [2.45, 2.75) is 96.8 Å². The van der Waals surface area contributed by atoms with Gasteiger partial charge in [-0.3, -0.25) is 0 Å². The van der Waals surface area contributed by atoms with Gasteiger partial charge in [-0.05, 0) is 12.8 Å². The summed E-state index contributed by atoms with van der Waals surface area (Å²) in [6, 6.07) is 0. The molecular weight excluding hydrogens is 348 g/mol. The fourth-order valence-corrected chi connectivity index (χ4v) is 3.10. The molecule has 0 heteroatoms. The zero-order valence-electron chi connectivity index (χ0n) is 19.0. The lowest BCUT2D eigenvalue weighted by molar-refractivity contribution is 0.540. The van der Waals surface area contributed by atoms with Gasteiger partial charge in [0.15, 0.2) is 0 Å². The lowest BCUT2D eigenvalue weighted by atomic mass is 10.0. The van der Waals surface area contributed by atoms with E-state index in [2.05, 4.69) is 31.2 Å². The minimum atomic E-state index is 1.20. The van der Waals surface area contributed by atoms with Gasteiger partial charge in [-0.25, -0.2) is 0 Å². The Hall–Kier alpha value is -1.82. The average molecular weight is 394 g/mol. The van der Waals surface area contributed by atoms with Gasteiger partial charge in [0.1, 0.15) is 0 Å². The summed E-state index contributed by atoms with van der Waals surface area (Å²) in [6.07, 6.45) is 45.5. The Labute approximate surface area is 182 Å². The third-order valence-electron chi connectivity index (χ3n) is 4.83. The van der Waals surface area contributed by atoms with Crippen molar-refractivity contribution in [3.63, 3.8) is 0 Å². The third-order valence-corrected chi connectivity index (χ3v) is 4.83. The van der Waals surface area contributed by atoms with Crippen LogP contribution in [0.2, 0.25) is 0 Å². The number of hydrogen-bond donors (Lipinski definition) is 0. The van der Waals surface area contributed by atoms with Gasteiger partial charge >= 0.3 is 0 Å². The molecule has 0 fully saturated rings. The molecule has 0 aromatic rings. The molecule has 0 bridgehead atoms. The lowest BCUT2D eigenvalue weighted by Crippen LogP contribution is -1.82. The molecule has 0 aromatic carbocycles. The second kappa shape index (κ2) is 26.2. The molecule has 0 rings (SSSR count). The van der Waals surface area contributed by atoms with Crippen LogP contribution in [0.25, 0.3) is 0 Å². The second-order valence-corrected chi connectivity index (χ2v) is 7.58. The van der Waals surface area contributed by atoms with Crippen molar-refractivity contribution < 1.29 is 0 Å². The summed E-state index contributed by atoms with van der Waals surface area (Å²) in [5.41, 5.74) is 0. The molecular formula is C29H45. The molecule has 1 radical (unpaired) electrons. The molecule has 0 atom stereocenters. The monoisotopic (exact) mass is 393 g/mol. The third kappa shape index (κ3) is 26.2. The van der Waals surface area contributed by atoms with Crippen LogP contribution < -0.4 is 0 Å². The molecule has 0 aliphatic heterocycles. The van der Waals surface area contributed by atoms with Crippen molar-refractivity contribution in [2.24, 2.45) is 0 Å². The summed E-state index contributed by atoms with van der Waals surface area (Å²) in [6.45, 7) is 7.53. The fourth-order valence-electron chi connectivity index (χ4n) is 3.10. The molecule has 0 unspecified atom stereocenters. The predicted molar refractivity (Wildman–Crippen MR) is 134 cm³/mol. The molecule has 0 saturated carbocycles. The van der Waals surface area contributed by atoms with Crippen LogP contribution in [0.4, 0.5) is 0 Å². The van der Waals surface area contributed by atoms with E-state index in [1.165, 1.54) is 96.0 Å². The normalized spacial score (nSPS) is 12.9. The second-order valence-electron chi connectivity index (χ2n) is 7.58. The predicted octanol–water partition coefficient (Wildman–Crippen LogP) is 9.79. The Balaban J connectivity index is 3.37. The van der Waals surface area contributed by atoms with E-state index in [4.69, 9.17) is 6.58 Å². The van der Waals surface area contributed by atoms with Crippen molar-refractivity contribution in [2.75, 3.05) is 0 Å². The summed E-state index contributed by atoms with van der Waals surface area (Å²) in [4.78, 5) is 0. The maximum Gasteiger partial charge on any atom is -0.0348 e. The van der Waals surface area contributed by atoms with E-state index in [1.54, 1.807) is 6.08 Å². The van der Waals surface area contributed by atoms with Gasteiger partial charge in [0.05, 0.1) is 0 Å². The average Bonchev–Trinajstić information content (AvgIpc) is 2.74. The van der Waals surface area contributed by atoms with E-state index >= 15 is 0 Å². The zero-order chi connectivity index (χ0) is 21.1. The highest BCUT2D eigenvalue weighted by molar-refractivity contribution is 5.20. The summed E-state index contributed by atoms with van der Waals surface area (Å²) >= 11 is 0. The van der Waals surface area contributed by atoms with Crippen molar-refractivity contribution in [1.29, 1.82) is 0 Å². The van der Waals surface area contributed by atoms with Crippen LogP contribution in [0.3, 0.4) is 0 Å². The van der Waals surface area contributed by atoms with Gasteiger partial charge in [0, 0.05) is 0 Å². The highest BCUT2D eigenvalue weighted by atomic mass is 14.0. The molecule has 0 N–H and O–H groups in total. The van der Waals surface area contributed by atoms with Gasteiger partial charge in [0.2, 0.25) is 0 Å². The minimum Gasteiger partial charge on any atom is -0.0845 e. The van der Waals surface area contributed by atoms with Crippen molar-refractivity contribution in [3.05, 3.63) is 85.6 Å². The highest BCUT2D eigenvalue weighted by Crippen LogP contribution is 2.13. The van der Waals surface area contributed by atoms with Crippen molar-refractivity contribution >= 4 is 0 Å². The Morgan fingerprint density at radius 3 is 1.17 bits per heavy atom. The first kappa shape index (κ1) is 27.2. The van der Waals surface area contributed by atoms with Crippen LogP contribution in [0.5, 0.6) is 0 Å². The first-order valence-electron chi connectivity index (χ1n) is 11.9. The summed E-state index contributed by atoms with van der Waals surface area (Å²) in [5, 5.41) is 0. The Kier molecular flexibility index (Phi) is 24.5. The largest absolute Gasteiger partial charge is 0.0845 e. The van der Waals surface area contributed by atoms with E-state index in [0.29, 0.717) is 0 Å². The summed E-state index contributed by atoms with van der Waals surface area (Å²) in [7, 11) is 0. The van der Waals surface area contributed by atoms with Gasteiger partial charge in [-0.1, -0.05) is 170 Å². The first-order chi connectivity index (χ1) is 14.4. The number of allylic oxidation sites excluding steroid dienone is 13. The molecule has 0 amide bonds. The number of rotatable bonds is 20. The molecule has 0 aromatic heterocycles. The van der Waals surface area contributed by atoms with Crippen LogP contribution in [0, 0.1) is 6.58 Å². The van der Waals surface area contributed by atoms with E-state index in [1.807, 2.05) is 42.5 Å². The maximum atomic E-state index is 5.24. The van der Waals surface area contributed by atoms with Gasteiger partial charge in [-0.2, -0.15) is 0 Å². The molecule has 0 aliphatic rings. The van der Waals surface area contributed by atoms with Gasteiger partial charge < -0.3 is 0 Å². The Morgan fingerprint density at radius 1 is 0.414 bits per heavy atom. The van der Waals surface area contributed by atoms with Crippen LogP contribution in [0.15, 0.2) is 79.0 Å².